The smallest absolute Gasteiger partial charge is 0.341 e. The summed E-state index contributed by atoms with van der Waals surface area (Å²) in [5, 5.41) is 12.2. The minimum absolute atomic E-state index is 0.321. The van der Waals surface area contributed by atoms with Gasteiger partial charge in [-0.2, -0.15) is 5.10 Å². The van der Waals surface area contributed by atoms with Crippen LogP contribution in [-0.2, 0) is 4.74 Å². The molecule has 0 aliphatic carbocycles. The predicted octanol–water partition coefficient (Wildman–Crippen LogP) is 0.795. The average molecular weight is 272 g/mol. The third-order valence-electron chi connectivity index (χ3n) is 2.79. The maximum atomic E-state index is 11.6. The summed E-state index contributed by atoms with van der Waals surface area (Å²) in [5.41, 5.74) is 0.940. The molecule has 0 aliphatic heterocycles. The van der Waals surface area contributed by atoms with E-state index in [9.17, 15) is 4.79 Å². The van der Waals surface area contributed by atoms with Crippen molar-refractivity contribution < 1.29 is 9.53 Å². The van der Waals surface area contributed by atoms with Gasteiger partial charge in [-0.3, -0.25) is 4.40 Å². The van der Waals surface area contributed by atoms with E-state index in [1.807, 2.05) is 6.92 Å². The molecule has 0 unspecified atom stereocenters. The third-order valence-corrected chi connectivity index (χ3v) is 2.79. The molecule has 0 atom stereocenters. The SMILES string of the molecule is CCOC(=O)c1cnn(-c2nccn3c(C)nnc23)c1. The summed E-state index contributed by atoms with van der Waals surface area (Å²) >= 11 is 0. The maximum Gasteiger partial charge on any atom is 0.341 e. The van der Waals surface area contributed by atoms with Crippen molar-refractivity contribution in [3.05, 3.63) is 36.2 Å². The van der Waals surface area contributed by atoms with Gasteiger partial charge in [0.2, 0.25) is 5.65 Å². The minimum Gasteiger partial charge on any atom is -0.462 e. The molecule has 0 radical (unpaired) electrons. The first-order valence-corrected chi connectivity index (χ1v) is 6.09. The fourth-order valence-corrected chi connectivity index (χ4v) is 1.85. The van der Waals surface area contributed by atoms with Crippen molar-refractivity contribution in [3.63, 3.8) is 0 Å². The van der Waals surface area contributed by atoms with E-state index in [0.29, 0.717) is 23.6 Å². The zero-order valence-corrected chi connectivity index (χ0v) is 11.0. The zero-order chi connectivity index (χ0) is 14.1. The van der Waals surface area contributed by atoms with Crippen molar-refractivity contribution in [1.29, 1.82) is 0 Å². The number of rotatable bonds is 3. The molecule has 102 valence electrons. The number of nitrogens with zero attached hydrogens (tertiary/aromatic N) is 6. The largest absolute Gasteiger partial charge is 0.462 e. The molecular weight excluding hydrogens is 260 g/mol. The normalized spacial score (nSPS) is 10.9. The number of carbonyl (C=O) groups excluding carboxylic acids is 1. The van der Waals surface area contributed by atoms with Gasteiger partial charge in [-0.15, -0.1) is 10.2 Å². The fourth-order valence-electron chi connectivity index (χ4n) is 1.85. The zero-order valence-electron chi connectivity index (χ0n) is 11.0. The summed E-state index contributed by atoms with van der Waals surface area (Å²) in [6.45, 7) is 3.92. The number of esters is 1. The van der Waals surface area contributed by atoms with Gasteiger partial charge in [0.15, 0.2) is 5.82 Å². The van der Waals surface area contributed by atoms with Gasteiger partial charge in [-0.05, 0) is 13.8 Å². The molecule has 3 aromatic heterocycles. The lowest BCUT2D eigenvalue weighted by Crippen LogP contribution is -2.04. The van der Waals surface area contributed by atoms with Crippen LogP contribution in [0.4, 0.5) is 0 Å². The van der Waals surface area contributed by atoms with Crippen molar-refractivity contribution in [3.8, 4) is 5.82 Å². The first-order chi connectivity index (χ1) is 9.70. The summed E-state index contributed by atoms with van der Waals surface area (Å²) in [7, 11) is 0. The molecule has 0 saturated heterocycles. The van der Waals surface area contributed by atoms with Gasteiger partial charge in [-0.1, -0.05) is 0 Å². The summed E-state index contributed by atoms with van der Waals surface area (Å²) in [5.74, 6) is 0.841. The van der Waals surface area contributed by atoms with Crippen LogP contribution in [0.1, 0.15) is 23.1 Å². The molecule has 0 saturated carbocycles. The Kier molecular flexibility index (Phi) is 2.90. The molecule has 0 aliphatic rings. The lowest BCUT2D eigenvalue weighted by Gasteiger charge is -2.01. The Bertz CT molecular complexity index is 775. The van der Waals surface area contributed by atoms with E-state index in [1.54, 1.807) is 29.9 Å². The molecule has 0 spiro atoms. The molecule has 3 aromatic rings. The van der Waals surface area contributed by atoms with Crippen LogP contribution in [0.2, 0.25) is 0 Å². The Labute approximate surface area is 114 Å². The monoisotopic (exact) mass is 272 g/mol. The van der Waals surface area contributed by atoms with Gasteiger partial charge in [0, 0.05) is 18.6 Å². The highest BCUT2D eigenvalue weighted by atomic mass is 16.5. The second-order valence-corrected chi connectivity index (χ2v) is 4.09. The van der Waals surface area contributed by atoms with Crippen molar-refractivity contribution in [2.75, 3.05) is 6.61 Å². The maximum absolute atomic E-state index is 11.6. The molecule has 0 bridgehead atoms. The first kappa shape index (κ1) is 12.3. The van der Waals surface area contributed by atoms with Crippen LogP contribution in [0.5, 0.6) is 0 Å². The van der Waals surface area contributed by atoms with Crippen LogP contribution in [0, 0.1) is 6.92 Å². The molecular formula is C12H12N6O2. The minimum atomic E-state index is -0.414. The number of hydrogen-bond acceptors (Lipinski definition) is 6. The Morgan fingerprint density at radius 1 is 1.40 bits per heavy atom. The number of ether oxygens (including phenoxy) is 1. The van der Waals surface area contributed by atoms with Crippen LogP contribution in [-0.4, -0.2) is 41.9 Å². The van der Waals surface area contributed by atoms with Gasteiger partial charge in [0.05, 0.1) is 18.4 Å². The molecule has 8 nitrogen and oxygen atoms in total. The van der Waals surface area contributed by atoms with Crippen LogP contribution < -0.4 is 0 Å². The molecule has 8 heteroatoms. The predicted molar refractivity (Wildman–Crippen MR) is 68.6 cm³/mol. The molecule has 20 heavy (non-hydrogen) atoms. The van der Waals surface area contributed by atoms with Crippen LogP contribution in [0.25, 0.3) is 11.5 Å². The van der Waals surface area contributed by atoms with Gasteiger partial charge >= 0.3 is 5.97 Å². The number of fused-ring (bicyclic) bond motifs is 1. The molecule has 0 N–H and O–H groups in total. The van der Waals surface area contributed by atoms with Crippen LogP contribution in [0.15, 0.2) is 24.8 Å². The summed E-state index contributed by atoms with van der Waals surface area (Å²) in [6, 6.07) is 0. The van der Waals surface area contributed by atoms with E-state index in [0.717, 1.165) is 5.82 Å². The second-order valence-electron chi connectivity index (χ2n) is 4.09. The average Bonchev–Trinajstić information content (AvgIpc) is 3.07. The lowest BCUT2D eigenvalue weighted by molar-refractivity contribution is 0.0526. The summed E-state index contributed by atoms with van der Waals surface area (Å²) in [6.07, 6.45) is 6.39. The topological polar surface area (TPSA) is 87.2 Å². The number of hydrogen-bond donors (Lipinski definition) is 0. The van der Waals surface area contributed by atoms with E-state index in [2.05, 4.69) is 20.3 Å². The van der Waals surface area contributed by atoms with Crippen molar-refractivity contribution in [2.45, 2.75) is 13.8 Å². The molecule has 3 heterocycles. The molecule has 0 amide bonds. The van der Waals surface area contributed by atoms with E-state index in [1.165, 1.54) is 10.9 Å². The summed E-state index contributed by atoms with van der Waals surface area (Å²) < 4.78 is 8.20. The van der Waals surface area contributed by atoms with Crippen molar-refractivity contribution >= 4 is 11.6 Å². The third kappa shape index (κ3) is 1.91. The van der Waals surface area contributed by atoms with E-state index < -0.39 is 5.97 Å². The van der Waals surface area contributed by atoms with Crippen LogP contribution in [0.3, 0.4) is 0 Å². The van der Waals surface area contributed by atoms with Gasteiger partial charge < -0.3 is 4.74 Å². The Morgan fingerprint density at radius 2 is 2.25 bits per heavy atom. The van der Waals surface area contributed by atoms with E-state index in [4.69, 9.17) is 4.74 Å². The number of carbonyl (C=O) groups is 1. The van der Waals surface area contributed by atoms with Gasteiger partial charge in [-0.25, -0.2) is 14.5 Å². The Morgan fingerprint density at radius 3 is 3.05 bits per heavy atom. The fraction of sp³-hybridized carbons (Fsp3) is 0.250. The van der Waals surface area contributed by atoms with E-state index in [-0.39, 0.29) is 0 Å². The van der Waals surface area contributed by atoms with Crippen LogP contribution >= 0.6 is 0 Å². The Hall–Kier alpha value is -2.77. The highest BCUT2D eigenvalue weighted by Gasteiger charge is 2.14. The Balaban J connectivity index is 2.05. The first-order valence-electron chi connectivity index (χ1n) is 6.09. The second kappa shape index (κ2) is 4.72. The number of aryl methyl sites for hydroxylation is 1. The van der Waals surface area contributed by atoms with Crippen molar-refractivity contribution in [1.82, 2.24) is 29.4 Å². The van der Waals surface area contributed by atoms with Gasteiger partial charge in [0.1, 0.15) is 5.82 Å². The quantitative estimate of drug-likeness (QED) is 0.655. The van der Waals surface area contributed by atoms with Gasteiger partial charge in [0.25, 0.3) is 0 Å². The lowest BCUT2D eigenvalue weighted by atomic mass is 10.4. The summed E-state index contributed by atoms with van der Waals surface area (Å²) in [4.78, 5) is 15.9. The molecule has 3 rings (SSSR count). The number of aromatic nitrogens is 6. The molecule has 0 fully saturated rings. The standard InChI is InChI=1S/C12H12N6O2/c1-3-20-12(19)9-6-14-18(7-9)10-11-16-15-8(2)17(11)5-4-13-10/h4-7H,3H2,1-2H3. The van der Waals surface area contributed by atoms with E-state index >= 15 is 0 Å². The highest BCUT2D eigenvalue weighted by Crippen LogP contribution is 2.12. The molecule has 0 aromatic carbocycles. The van der Waals surface area contributed by atoms with Crippen molar-refractivity contribution in [2.24, 2.45) is 0 Å². The highest BCUT2D eigenvalue weighted by molar-refractivity contribution is 5.88.